The third-order valence-corrected chi connectivity index (χ3v) is 3.17. The molecule has 0 atom stereocenters. The SMILES string of the molecule is CN(CCS(=O)(=O)[O-])Cc1ccsc1.[Li+]. The van der Waals surface area contributed by atoms with Gasteiger partial charge in [-0.05, 0) is 29.4 Å². The summed E-state index contributed by atoms with van der Waals surface area (Å²) in [5.74, 6) is -0.326. The molecule has 80 valence electrons. The van der Waals surface area contributed by atoms with Crippen LogP contribution in [0.2, 0.25) is 0 Å². The number of hydrogen-bond donors (Lipinski definition) is 0. The van der Waals surface area contributed by atoms with Crippen LogP contribution in [0, 0.1) is 0 Å². The Labute approximate surface area is 106 Å². The maximum Gasteiger partial charge on any atom is 1.00 e. The van der Waals surface area contributed by atoms with E-state index in [9.17, 15) is 13.0 Å². The van der Waals surface area contributed by atoms with Gasteiger partial charge in [0.15, 0.2) is 0 Å². The second kappa shape index (κ2) is 6.69. The van der Waals surface area contributed by atoms with Gasteiger partial charge in [-0.1, -0.05) is 0 Å². The zero-order valence-corrected chi connectivity index (χ0v) is 10.5. The zero-order chi connectivity index (χ0) is 10.6. The Bertz CT molecular complexity index is 363. The summed E-state index contributed by atoms with van der Waals surface area (Å²) >= 11 is 1.60. The van der Waals surface area contributed by atoms with E-state index < -0.39 is 10.1 Å². The normalized spacial score (nSPS) is 11.4. The minimum atomic E-state index is -4.09. The van der Waals surface area contributed by atoms with Crippen molar-refractivity contribution in [3.05, 3.63) is 22.4 Å². The van der Waals surface area contributed by atoms with Crippen LogP contribution in [0.3, 0.4) is 0 Å². The van der Waals surface area contributed by atoms with Gasteiger partial charge in [0.25, 0.3) is 0 Å². The topological polar surface area (TPSA) is 60.4 Å². The molecule has 0 saturated carbocycles. The fourth-order valence-corrected chi connectivity index (χ4v) is 2.24. The first-order valence-electron chi connectivity index (χ1n) is 4.10. The quantitative estimate of drug-likeness (QED) is 0.431. The van der Waals surface area contributed by atoms with Crippen LogP contribution in [0.5, 0.6) is 0 Å². The Balaban J connectivity index is 0.00000196. The molecule has 1 aromatic heterocycles. The van der Waals surface area contributed by atoms with Gasteiger partial charge in [0.1, 0.15) is 0 Å². The summed E-state index contributed by atoms with van der Waals surface area (Å²) in [6.45, 7) is 0.959. The Hall–Kier alpha value is 0.167. The second-order valence-electron chi connectivity index (χ2n) is 3.13. The average Bonchev–Trinajstić information content (AvgIpc) is 2.52. The first-order valence-corrected chi connectivity index (χ1v) is 6.62. The summed E-state index contributed by atoms with van der Waals surface area (Å²) < 4.78 is 31.1. The third kappa shape index (κ3) is 7.12. The standard InChI is InChI=1S/C8H13NO3S2.Li/c1-9(3-5-14(10,11)12)6-8-2-4-13-7-8;/h2,4,7H,3,5-6H2,1H3,(H,10,11,12);/q;+1/p-1. The Morgan fingerprint density at radius 1 is 1.53 bits per heavy atom. The fourth-order valence-electron chi connectivity index (χ4n) is 1.04. The van der Waals surface area contributed by atoms with Gasteiger partial charge in [0, 0.05) is 13.1 Å². The molecule has 7 heteroatoms. The van der Waals surface area contributed by atoms with E-state index in [1.807, 2.05) is 21.7 Å². The summed E-state index contributed by atoms with van der Waals surface area (Å²) in [5, 5.41) is 3.97. The molecule has 0 aliphatic carbocycles. The van der Waals surface area contributed by atoms with Crippen LogP contribution < -0.4 is 18.9 Å². The molecule has 0 aliphatic heterocycles. The predicted molar refractivity (Wildman–Crippen MR) is 55.2 cm³/mol. The van der Waals surface area contributed by atoms with Crippen LogP contribution >= 0.6 is 11.3 Å². The molecule has 1 rings (SSSR count). The van der Waals surface area contributed by atoms with Crippen LogP contribution in [0.25, 0.3) is 0 Å². The largest absolute Gasteiger partial charge is 1.00 e. The molecular formula is C8H12LiNO3S2. The first-order chi connectivity index (χ1) is 6.47. The van der Waals surface area contributed by atoms with Crippen molar-refractivity contribution in [2.45, 2.75) is 6.54 Å². The van der Waals surface area contributed by atoms with Gasteiger partial charge in [-0.15, -0.1) is 0 Å². The van der Waals surface area contributed by atoms with E-state index in [1.54, 1.807) is 18.4 Å². The molecule has 0 radical (unpaired) electrons. The van der Waals surface area contributed by atoms with Crippen molar-refractivity contribution in [3.8, 4) is 0 Å². The zero-order valence-electron chi connectivity index (χ0n) is 8.84. The van der Waals surface area contributed by atoms with Crippen molar-refractivity contribution in [2.24, 2.45) is 0 Å². The molecule has 1 heterocycles. The van der Waals surface area contributed by atoms with Crippen molar-refractivity contribution in [1.82, 2.24) is 4.90 Å². The monoisotopic (exact) mass is 241 g/mol. The molecule has 0 fully saturated rings. The smallest absolute Gasteiger partial charge is 0.748 e. The Kier molecular flexibility index (Phi) is 6.76. The molecule has 0 amide bonds. The molecule has 0 aromatic carbocycles. The van der Waals surface area contributed by atoms with Gasteiger partial charge >= 0.3 is 18.9 Å². The van der Waals surface area contributed by atoms with Crippen LogP contribution in [0.4, 0.5) is 0 Å². The van der Waals surface area contributed by atoms with E-state index in [2.05, 4.69) is 0 Å². The van der Waals surface area contributed by atoms with Gasteiger partial charge in [-0.25, -0.2) is 8.42 Å². The van der Waals surface area contributed by atoms with Crippen molar-refractivity contribution >= 4 is 21.5 Å². The number of rotatable bonds is 5. The van der Waals surface area contributed by atoms with E-state index in [1.165, 1.54) is 0 Å². The van der Waals surface area contributed by atoms with Gasteiger partial charge in [0.2, 0.25) is 0 Å². The van der Waals surface area contributed by atoms with Crippen LogP contribution in [0.15, 0.2) is 16.8 Å². The third-order valence-electron chi connectivity index (χ3n) is 1.76. The van der Waals surface area contributed by atoms with Crippen LogP contribution in [0.1, 0.15) is 5.56 Å². The maximum atomic E-state index is 10.4. The molecule has 4 nitrogen and oxygen atoms in total. The average molecular weight is 241 g/mol. The van der Waals surface area contributed by atoms with Gasteiger partial charge in [0.05, 0.1) is 15.9 Å². The Morgan fingerprint density at radius 3 is 2.67 bits per heavy atom. The molecule has 0 saturated heterocycles. The molecule has 0 aliphatic rings. The van der Waals surface area contributed by atoms with Gasteiger partial charge in [-0.2, -0.15) is 11.3 Å². The maximum absolute atomic E-state index is 10.4. The Morgan fingerprint density at radius 2 is 2.20 bits per heavy atom. The summed E-state index contributed by atoms with van der Waals surface area (Å²) in [7, 11) is -2.29. The van der Waals surface area contributed by atoms with Crippen molar-refractivity contribution in [1.29, 1.82) is 0 Å². The van der Waals surface area contributed by atoms with Crippen molar-refractivity contribution < 1.29 is 31.8 Å². The predicted octanol–water partition coefficient (Wildman–Crippen LogP) is -2.27. The molecule has 0 unspecified atom stereocenters. The molecule has 0 spiro atoms. The van der Waals surface area contributed by atoms with E-state index in [-0.39, 0.29) is 31.2 Å². The fraction of sp³-hybridized carbons (Fsp3) is 0.500. The van der Waals surface area contributed by atoms with Crippen LogP contribution in [-0.4, -0.2) is 37.2 Å². The summed E-state index contributed by atoms with van der Waals surface area (Å²) in [5.41, 5.74) is 1.14. The van der Waals surface area contributed by atoms with E-state index >= 15 is 0 Å². The van der Waals surface area contributed by atoms with Gasteiger partial charge in [-0.3, -0.25) is 0 Å². The second-order valence-corrected chi connectivity index (χ2v) is 5.43. The van der Waals surface area contributed by atoms with Gasteiger partial charge < -0.3 is 9.45 Å². The summed E-state index contributed by atoms with van der Waals surface area (Å²) in [4.78, 5) is 1.82. The number of hydrogen-bond acceptors (Lipinski definition) is 5. The summed E-state index contributed by atoms with van der Waals surface area (Å²) in [6.07, 6.45) is 0. The van der Waals surface area contributed by atoms with E-state index in [0.29, 0.717) is 6.54 Å². The molecule has 15 heavy (non-hydrogen) atoms. The molecule has 1 aromatic rings. The molecular weight excluding hydrogens is 229 g/mol. The minimum absolute atomic E-state index is 0. The number of thiophene rings is 1. The minimum Gasteiger partial charge on any atom is -0.748 e. The van der Waals surface area contributed by atoms with Crippen LogP contribution in [-0.2, 0) is 16.7 Å². The van der Waals surface area contributed by atoms with E-state index in [4.69, 9.17) is 0 Å². The number of nitrogens with zero attached hydrogens (tertiary/aromatic N) is 1. The molecule has 0 bridgehead atoms. The summed E-state index contributed by atoms with van der Waals surface area (Å²) in [6, 6.07) is 1.98. The van der Waals surface area contributed by atoms with Crippen molar-refractivity contribution in [2.75, 3.05) is 19.3 Å². The molecule has 0 N–H and O–H groups in total. The van der Waals surface area contributed by atoms with E-state index in [0.717, 1.165) is 5.56 Å². The first kappa shape index (κ1) is 15.2. The van der Waals surface area contributed by atoms with Crippen molar-refractivity contribution in [3.63, 3.8) is 0 Å².